The molecule has 1 heterocycles. The molecule has 7 heteroatoms. The van der Waals surface area contributed by atoms with Gasteiger partial charge in [0.15, 0.2) is 0 Å². The van der Waals surface area contributed by atoms with Gasteiger partial charge in [0, 0.05) is 6.42 Å². The molecule has 0 saturated carbocycles. The predicted molar refractivity (Wildman–Crippen MR) is 63.4 cm³/mol. The van der Waals surface area contributed by atoms with Crippen LogP contribution in [0.5, 0.6) is 0 Å². The van der Waals surface area contributed by atoms with Crippen LogP contribution in [0.3, 0.4) is 0 Å². The van der Waals surface area contributed by atoms with Crippen molar-refractivity contribution in [2.75, 3.05) is 5.32 Å². The lowest BCUT2D eigenvalue weighted by molar-refractivity contribution is -0.117. The smallest absolute Gasteiger partial charge is 0.242 e. The molecule has 0 fully saturated rings. The molecule has 0 aliphatic carbocycles. The first-order chi connectivity index (χ1) is 6.63. The van der Waals surface area contributed by atoms with Gasteiger partial charge in [0.25, 0.3) is 0 Å². The number of carbonyl (C=O) groups is 1. The highest BCUT2D eigenvalue weighted by Gasteiger charge is 2.10. The number of amides is 1. The molecule has 1 amide bonds. The molecule has 0 aromatic carbocycles. The standard InChI is InChI=1S/C8H14N4OS.ClH/c1-3-4-6-11-12-8(14-6)10-7(13)5(2)9;/h5H,3-4,9H2,1-2H3,(H,10,12,13);1H. The molecule has 0 aliphatic heterocycles. The maximum Gasteiger partial charge on any atom is 0.242 e. The van der Waals surface area contributed by atoms with Crippen molar-refractivity contribution in [1.82, 2.24) is 10.2 Å². The molecule has 1 atom stereocenters. The molecule has 0 spiro atoms. The van der Waals surface area contributed by atoms with Crippen molar-refractivity contribution in [1.29, 1.82) is 0 Å². The first kappa shape index (κ1) is 14.3. The van der Waals surface area contributed by atoms with Crippen LogP contribution >= 0.6 is 23.7 Å². The lowest BCUT2D eigenvalue weighted by atomic mass is 10.3. The Morgan fingerprint density at radius 3 is 2.80 bits per heavy atom. The Bertz CT molecular complexity index is 315. The number of aromatic nitrogens is 2. The van der Waals surface area contributed by atoms with Gasteiger partial charge in [-0.3, -0.25) is 10.1 Å². The molecule has 0 saturated heterocycles. The normalized spacial score (nSPS) is 11.7. The minimum absolute atomic E-state index is 0. The SMILES string of the molecule is CCCc1nnc(NC(=O)C(C)N)s1.Cl. The number of hydrogen-bond donors (Lipinski definition) is 2. The van der Waals surface area contributed by atoms with E-state index >= 15 is 0 Å². The second-order valence-electron chi connectivity index (χ2n) is 3.03. The molecule has 15 heavy (non-hydrogen) atoms. The van der Waals surface area contributed by atoms with Gasteiger partial charge in [-0.1, -0.05) is 18.3 Å². The Balaban J connectivity index is 0.00000196. The molecular weight excluding hydrogens is 236 g/mol. The fraction of sp³-hybridized carbons (Fsp3) is 0.625. The summed E-state index contributed by atoms with van der Waals surface area (Å²) in [5.41, 5.74) is 5.39. The monoisotopic (exact) mass is 250 g/mol. The molecule has 1 aromatic heterocycles. The van der Waals surface area contributed by atoms with E-state index in [-0.39, 0.29) is 18.3 Å². The number of anilines is 1. The van der Waals surface area contributed by atoms with Crippen molar-refractivity contribution in [3.8, 4) is 0 Å². The Morgan fingerprint density at radius 1 is 1.60 bits per heavy atom. The largest absolute Gasteiger partial charge is 0.320 e. The second kappa shape index (κ2) is 6.71. The molecule has 86 valence electrons. The summed E-state index contributed by atoms with van der Waals surface area (Å²) in [4.78, 5) is 11.2. The Hall–Kier alpha value is -0.720. The fourth-order valence-corrected chi connectivity index (χ4v) is 1.68. The summed E-state index contributed by atoms with van der Waals surface area (Å²) in [5, 5.41) is 11.8. The third kappa shape index (κ3) is 4.55. The van der Waals surface area contributed by atoms with E-state index < -0.39 is 6.04 Å². The molecule has 1 unspecified atom stereocenters. The van der Waals surface area contributed by atoms with Gasteiger partial charge < -0.3 is 5.73 Å². The van der Waals surface area contributed by atoms with E-state index in [4.69, 9.17) is 5.73 Å². The summed E-state index contributed by atoms with van der Waals surface area (Å²) in [7, 11) is 0. The van der Waals surface area contributed by atoms with E-state index in [1.54, 1.807) is 6.92 Å². The van der Waals surface area contributed by atoms with Crippen molar-refractivity contribution in [3.63, 3.8) is 0 Å². The van der Waals surface area contributed by atoms with Crippen molar-refractivity contribution >= 4 is 34.8 Å². The van der Waals surface area contributed by atoms with E-state index in [2.05, 4.69) is 22.4 Å². The van der Waals surface area contributed by atoms with Crippen LogP contribution in [0.4, 0.5) is 5.13 Å². The molecule has 0 radical (unpaired) electrons. The number of nitrogens with zero attached hydrogens (tertiary/aromatic N) is 2. The van der Waals surface area contributed by atoms with Gasteiger partial charge in [-0.05, 0) is 13.3 Å². The number of nitrogens with two attached hydrogens (primary N) is 1. The quantitative estimate of drug-likeness (QED) is 0.841. The van der Waals surface area contributed by atoms with Crippen LogP contribution in [-0.4, -0.2) is 22.1 Å². The van der Waals surface area contributed by atoms with Crippen LogP contribution in [-0.2, 0) is 11.2 Å². The Kier molecular flexibility index (Phi) is 6.38. The number of nitrogens with one attached hydrogen (secondary N) is 1. The highest BCUT2D eigenvalue weighted by molar-refractivity contribution is 7.15. The van der Waals surface area contributed by atoms with E-state index in [0.717, 1.165) is 17.8 Å². The number of aryl methyl sites for hydroxylation is 1. The lowest BCUT2D eigenvalue weighted by Gasteiger charge is -2.02. The highest BCUT2D eigenvalue weighted by atomic mass is 35.5. The third-order valence-corrected chi connectivity index (χ3v) is 2.47. The summed E-state index contributed by atoms with van der Waals surface area (Å²) < 4.78 is 0. The van der Waals surface area contributed by atoms with Crippen LogP contribution in [0.25, 0.3) is 0 Å². The summed E-state index contributed by atoms with van der Waals surface area (Å²) in [5.74, 6) is -0.232. The summed E-state index contributed by atoms with van der Waals surface area (Å²) in [6.07, 6.45) is 1.92. The number of carbonyl (C=O) groups excluding carboxylic acids is 1. The lowest BCUT2D eigenvalue weighted by Crippen LogP contribution is -2.32. The molecule has 0 aliphatic rings. The molecule has 0 bridgehead atoms. The van der Waals surface area contributed by atoms with Crippen molar-refractivity contribution in [3.05, 3.63) is 5.01 Å². The van der Waals surface area contributed by atoms with Gasteiger partial charge in [-0.2, -0.15) is 0 Å². The zero-order valence-corrected chi connectivity index (χ0v) is 10.3. The van der Waals surface area contributed by atoms with E-state index in [9.17, 15) is 4.79 Å². The minimum Gasteiger partial charge on any atom is -0.320 e. The van der Waals surface area contributed by atoms with E-state index in [1.165, 1.54) is 11.3 Å². The minimum atomic E-state index is -0.520. The number of rotatable bonds is 4. The average molecular weight is 251 g/mol. The molecular formula is C8H15ClN4OS. The van der Waals surface area contributed by atoms with Crippen LogP contribution in [0.1, 0.15) is 25.3 Å². The maximum atomic E-state index is 11.2. The van der Waals surface area contributed by atoms with Crippen LogP contribution in [0, 0.1) is 0 Å². The van der Waals surface area contributed by atoms with Gasteiger partial charge in [0.1, 0.15) is 5.01 Å². The van der Waals surface area contributed by atoms with Gasteiger partial charge in [-0.25, -0.2) is 0 Å². The second-order valence-corrected chi connectivity index (χ2v) is 4.09. The number of halogens is 1. The first-order valence-corrected chi connectivity index (χ1v) is 5.34. The predicted octanol–water partition coefficient (Wildman–Crippen LogP) is 1.20. The molecule has 1 aromatic rings. The highest BCUT2D eigenvalue weighted by Crippen LogP contribution is 2.16. The van der Waals surface area contributed by atoms with Gasteiger partial charge >= 0.3 is 0 Å². The van der Waals surface area contributed by atoms with Crippen molar-refractivity contribution < 1.29 is 4.79 Å². The van der Waals surface area contributed by atoms with E-state index in [0.29, 0.717) is 5.13 Å². The topological polar surface area (TPSA) is 80.9 Å². The van der Waals surface area contributed by atoms with Gasteiger partial charge in [-0.15, -0.1) is 22.6 Å². The van der Waals surface area contributed by atoms with Crippen LogP contribution in [0.15, 0.2) is 0 Å². The average Bonchev–Trinajstić information content (AvgIpc) is 2.53. The van der Waals surface area contributed by atoms with E-state index in [1.807, 2.05) is 0 Å². The summed E-state index contributed by atoms with van der Waals surface area (Å²) >= 11 is 1.39. The van der Waals surface area contributed by atoms with Crippen molar-refractivity contribution in [2.45, 2.75) is 32.7 Å². The first-order valence-electron chi connectivity index (χ1n) is 4.52. The maximum absolute atomic E-state index is 11.2. The zero-order valence-electron chi connectivity index (χ0n) is 8.69. The number of hydrogen-bond acceptors (Lipinski definition) is 5. The zero-order chi connectivity index (χ0) is 10.6. The molecule has 3 N–H and O–H groups in total. The Morgan fingerprint density at radius 2 is 2.27 bits per heavy atom. The molecule has 5 nitrogen and oxygen atoms in total. The van der Waals surface area contributed by atoms with Gasteiger partial charge in [0.05, 0.1) is 6.04 Å². The van der Waals surface area contributed by atoms with Crippen LogP contribution in [0.2, 0.25) is 0 Å². The van der Waals surface area contributed by atoms with Crippen LogP contribution < -0.4 is 11.1 Å². The summed E-state index contributed by atoms with van der Waals surface area (Å²) in [6, 6.07) is -0.520. The van der Waals surface area contributed by atoms with Crippen molar-refractivity contribution in [2.24, 2.45) is 5.73 Å². The van der Waals surface area contributed by atoms with Gasteiger partial charge in [0.2, 0.25) is 11.0 Å². The molecule has 1 rings (SSSR count). The fourth-order valence-electron chi connectivity index (χ4n) is 0.838. The Labute approximate surface area is 98.9 Å². The third-order valence-electron chi connectivity index (χ3n) is 1.57. The summed E-state index contributed by atoms with van der Waals surface area (Å²) in [6.45, 7) is 3.70.